The quantitative estimate of drug-likeness (QED) is 0.557. The first kappa shape index (κ1) is 21.0. The van der Waals surface area contributed by atoms with E-state index in [-0.39, 0.29) is 11.8 Å². The van der Waals surface area contributed by atoms with Crippen LogP contribution in [0.3, 0.4) is 0 Å². The zero-order chi connectivity index (χ0) is 21.2. The van der Waals surface area contributed by atoms with Gasteiger partial charge in [-0.1, -0.05) is 31.2 Å². The normalized spacial score (nSPS) is 10.3. The van der Waals surface area contributed by atoms with Gasteiger partial charge in [-0.05, 0) is 48.4 Å². The van der Waals surface area contributed by atoms with Crippen molar-refractivity contribution in [3.8, 4) is 5.75 Å². The number of carbonyl (C=O) groups is 2. The Labute approximate surface area is 176 Å². The fourth-order valence-corrected chi connectivity index (χ4v) is 2.82. The Morgan fingerprint density at radius 2 is 1.83 bits per heavy atom. The zero-order valence-corrected chi connectivity index (χ0v) is 16.9. The fraction of sp³-hybridized carbons (Fsp3) is 0.208. The lowest BCUT2D eigenvalue weighted by Gasteiger charge is -2.10. The summed E-state index contributed by atoms with van der Waals surface area (Å²) in [6.45, 7) is 2.75. The van der Waals surface area contributed by atoms with Crippen LogP contribution in [0.5, 0.6) is 5.75 Å². The van der Waals surface area contributed by atoms with E-state index in [1.165, 1.54) is 0 Å². The van der Waals surface area contributed by atoms with E-state index in [4.69, 9.17) is 4.74 Å². The molecule has 0 aliphatic heterocycles. The molecule has 6 nitrogen and oxygen atoms in total. The molecule has 2 aromatic carbocycles. The van der Waals surface area contributed by atoms with Crippen molar-refractivity contribution in [3.05, 3.63) is 89.7 Å². The summed E-state index contributed by atoms with van der Waals surface area (Å²) in [4.78, 5) is 28.2. The van der Waals surface area contributed by atoms with Gasteiger partial charge in [-0.2, -0.15) is 0 Å². The minimum atomic E-state index is -0.179. The standard InChI is InChI=1S/C24H25N3O3/c1-2-5-23(28)27-21-11-9-18(10-12-21)16-26-24(29)20-7-3-8-22(14-20)30-17-19-6-4-13-25-15-19/h3-4,6-15H,2,5,16-17H2,1H3,(H,26,29)(H,27,28). The molecule has 0 saturated heterocycles. The van der Waals surface area contributed by atoms with Crippen molar-refractivity contribution in [1.29, 1.82) is 0 Å². The molecule has 154 valence electrons. The van der Waals surface area contributed by atoms with Gasteiger partial charge >= 0.3 is 0 Å². The van der Waals surface area contributed by atoms with Crippen LogP contribution < -0.4 is 15.4 Å². The molecule has 30 heavy (non-hydrogen) atoms. The highest BCUT2D eigenvalue weighted by atomic mass is 16.5. The summed E-state index contributed by atoms with van der Waals surface area (Å²) >= 11 is 0. The molecule has 2 N–H and O–H groups in total. The van der Waals surface area contributed by atoms with Gasteiger partial charge in [-0.3, -0.25) is 14.6 Å². The number of anilines is 1. The number of pyridine rings is 1. The highest BCUT2D eigenvalue weighted by molar-refractivity contribution is 5.94. The van der Waals surface area contributed by atoms with Gasteiger partial charge < -0.3 is 15.4 Å². The zero-order valence-electron chi connectivity index (χ0n) is 16.9. The Hall–Kier alpha value is -3.67. The summed E-state index contributed by atoms with van der Waals surface area (Å²) in [5.41, 5.74) is 3.19. The van der Waals surface area contributed by atoms with Crippen LogP contribution in [0.4, 0.5) is 5.69 Å². The maximum Gasteiger partial charge on any atom is 0.251 e. The highest BCUT2D eigenvalue weighted by Crippen LogP contribution is 2.16. The molecule has 0 atom stereocenters. The van der Waals surface area contributed by atoms with E-state index in [9.17, 15) is 9.59 Å². The average Bonchev–Trinajstić information content (AvgIpc) is 2.78. The van der Waals surface area contributed by atoms with E-state index in [0.717, 1.165) is 23.2 Å². The largest absolute Gasteiger partial charge is 0.489 e. The molecule has 3 aromatic rings. The first-order valence-electron chi connectivity index (χ1n) is 9.93. The second-order valence-electron chi connectivity index (χ2n) is 6.86. The number of benzene rings is 2. The van der Waals surface area contributed by atoms with Crippen molar-refractivity contribution in [2.24, 2.45) is 0 Å². The first-order valence-corrected chi connectivity index (χ1v) is 9.93. The lowest BCUT2D eigenvalue weighted by Crippen LogP contribution is -2.22. The first-order chi connectivity index (χ1) is 14.6. The lowest BCUT2D eigenvalue weighted by molar-refractivity contribution is -0.116. The molecule has 0 radical (unpaired) electrons. The predicted octanol–water partition coefficient (Wildman–Crippen LogP) is 4.33. The Kier molecular flexibility index (Phi) is 7.55. The molecule has 2 amide bonds. The summed E-state index contributed by atoms with van der Waals surface area (Å²) in [6.07, 6.45) is 4.77. The molecule has 3 rings (SSSR count). The monoisotopic (exact) mass is 403 g/mol. The third-order valence-electron chi connectivity index (χ3n) is 4.39. The molecule has 0 unspecified atom stereocenters. The average molecular weight is 403 g/mol. The van der Waals surface area contributed by atoms with Crippen LogP contribution >= 0.6 is 0 Å². The van der Waals surface area contributed by atoms with E-state index in [1.54, 1.807) is 30.6 Å². The summed E-state index contributed by atoms with van der Waals surface area (Å²) < 4.78 is 5.75. The second kappa shape index (κ2) is 10.8. The van der Waals surface area contributed by atoms with Crippen LogP contribution in [0, 0.1) is 0 Å². The number of hydrogen-bond acceptors (Lipinski definition) is 4. The van der Waals surface area contributed by atoms with Gasteiger partial charge in [0.1, 0.15) is 12.4 Å². The fourth-order valence-electron chi connectivity index (χ4n) is 2.82. The van der Waals surface area contributed by atoms with E-state index in [1.807, 2.05) is 49.4 Å². The van der Waals surface area contributed by atoms with Crippen LogP contribution in [0.1, 0.15) is 41.3 Å². The molecule has 0 bridgehead atoms. The molecule has 6 heteroatoms. The van der Waals surface area contributed by atoms with Gasteiger partial charge in [0.05, 0.1) is 0 Å². The van der Waals surface area contributed by atoms with E-state index < -0.39 is 0 Å². The number of rotatable bonds is 9. The third-order valence-corrected chi connectivity index (χ3v) is 4.39. The number of hydrogen-bond donors (Lipinski definition) is 2. The second-order valence-corrected chi connectivity index (χ2v) is 6.86. The summed E-state index contributed by atoms with van der Waals surface area (Å²) in [5, 5.41) is 5.75. The maximum atomic E-state index is 12.5. The van der Waals surface area contributed by atoms with Crippen molar-refractivity contribution in [2.75, 3.05) is 5.32 Å². The van der Waals surface area contributed by atoms with Crippen molar-refractivity contribution in [3.63, 3.8) is 0 Å². The summed E-state index contributed by atoms with van der Waals surface area (Å²) in [5.74, 6) is 0.449. The minimum absolute atomic E-state index is 0.00387. The number of nitrogens with one attached hydrogen (secondary N) is 2. The Bertz CT molecular complexity index is 973. The van der Waals surface area contributed by atoms with E-state index >= 15 is 0 Å². The number of ether oxygens (including phenoxy) is 1. The molecule has 0 fully saturated rings. The van der Waals surface area contributed by atoms with E-state index in [2.05, 4.69) is 15.6 Å². The predicted molar refractivity (Wildman–Crippen MR) is 116 cm³/mol. The van der Waals surface area contributed by atoms with Gasteiger partial charge in [0.25, 0.3) is 5.91 Å². The number of amides is 2. The Balaban J connectivity index is 1.51. The van der Waals surface area contributed by atoms with Crippen LogP contribution in [0.25, 0.3) is 0 Å². The molecule has 0 spiro atoms. The van der Waals surface area contributed by atoms with Crippen LogP contribution in [-0.4, -0.2) is 16.8 Å². The number of aromatic nitrogens is 1. The number of carbonyl (C=O) groups excluding carboxylic acids is 2. The van der Waals surface area contributed by atoms with Crippen molar-refractivity contribution >= 4 is 17.5 Å². The number of nitrogens with zero attached hydrogens (tertiary/aromatic N) is 1. The molecule has 0 aliphatic carbocycles. The molecular formula is C24H25N3O3. The Morgan fingerprint density at radius 1 is 1.00 bits per heavy atom. The Morgan fingerprint density at radius 3 is 2.57 bits per heavy atom. The highest BCUT2D eigenvalue weighted by Gasteiger charge is 2.07. The SMILES string of the molecule is CCCC(=O)Nc1ccc(CNC(=O)c2cccc(OCc3cccnc3)c2)cc1. The summed E-state index contributed by atoms with van der Waals surface area (Å²) in [7, 11) is 0. The van der Waals surface area contributed by atoms with Gasteiger partial charge in [0.2, 0.25) is 5.91 Å². The molecular weight excluding hydrogens is 378 g/mol. The van der Waals surface area contributed by atoms with Crippen molar-refractivity contribution in [2.45, 2.75) is 32.9 Å². The van der Waals surface area contributed by atoms with Gasteiger partial charge in [0.15, 0.2) is 0 Å². The van der Waals surface area contributed by atoms with Gasteiger partial charge in [-0.15, -0.1) is 0 Å². The summed E-state index contributed by atoms with van der Waals surface area (Å²) in [6, 6.07) is 18.3. The lowest BCUT2D eigenvalue weighted by atomic mass is 10.1. The van der Waals surface area contributed by atoms with Crippen molar-refractivity contribution in [1.82, 2.24) is 10.3 Å². The molecule has 0 saturated carbocycles. The third kappa shape index (κ3) is 6.44. The topological polar surface area (TPSA) is 80.3 Å². The van der Waals surface area contributed by atoms with Gasteiger partial charge in [0, 0.05) is 42.2 Å². The molecule has 1 heterocycles. The van der Waals surface area contributed by atoms with Crippen LogP contribution in [-0.2, 0) is 17.9 Å². The minimum Gasteiger partial charge on any atom is -0.489 e. The molecule has 0 aliphatic rings. The van der Waals surface area contributed by atoms with Crippen molar-refractivity contribution < 1.29 is 14.3 Å². The molecule has 1 aromatic heterocycles. The maximum absolute atomic E-state index is 12.5. The van der Waals surface area contributed by atoms with E-state index in [0.29, 0.717) is 30.9 Å². The smallest absolute Gasteiger partial charge is 0.251 e. The van der Waals surface area contributed by atoms with Crippen LogP contribution in [0.2, 0.25) is 0 Å². The van der Waals surface area contributed by atoms with Crippen LogP contribution in [0.15, 0.2) is 73.1 Å². The van der Waals surface area contributed by atoms with Gasteiger partial charge in [-0.25, -0.2) is 0 Å².